The molecule has 1 atom stereocenters. The Kier molecular flexibility index (Phi) is 11.9. The Morgan fingerprint density at radius 1 is 1.15 bits per heavy atom. The fourth-order valence-electron chi connectivity index (χ4n) is 2.61. The van der Waals surface area contributed by atoms with Gasteiger partial charge in [-0.3, -0.25) is 9.59 Å². The highest BCUT2D eigenvalue weighted by molar-refractivity contribution is 7.99. The topological polar surface area (TPSA) is 67.4 Å². The molecule has 0 spiro atoms. The van der Waals surface area contributed by atoms with E-state index in [2.05, 4.69) is 36.6 Å². The van der Waals surface area contributed by atoms with Crippen LogP contribution in [-0.2, 0) is 20.9 Å². The summed E-state index contributed by atoms with van der Waals surface area (Å²) >= 11 is 1.82. The maximum absolute atomic E-state index is 11.8. The Morgan fingerprint density at radius 2 is 1.89 bits per heavy atom. The number of benzene rings is 1. The highest BCUT2D eigenvalue weighted by Crippen LogP contribution is 2.31. The number of carbonyl (C=O) groups excluding carboxylic acids is 2. The van der Waals surface area contributed by atoms with Crippen LogP contribution in [0.2, 0.25) is 0 Å². The van der Waals surface area contributed by atoms with E-state index in [-0.39, 0.29) is 17.3 Å². The molecule has 1 unspecified atom stereocenters. The Hall–Kier alpha value is -1.53. The van der Waals surface area contributed by atoms with Gasteiger partial charge in [0.25, 0.3) is 0 Å². The van der Waals surface area contributed by atoms with Crippen LogP contribution in [0.3, 0.4) is 0 Å². The molecule has 27 heavy (non-hydrogen) atoms. The van der Waals surface area contributed by atoms with Crippen molar-refractivity contribution in [2.45, 2.75) is 46.1 Å². The smallest absolute Gasteiger partial charge is 0.306 e. The minimum atomic E-state index is -0.141. The van der Waals surface area contributed by atoms with E-state index < -0.39 is 0 Å². The minimum Gasteiger partial charge on any atom is -0.469 e. The number of ether oxygens (including phenoxy) is 1. The number of methoxy groups -OCH3 is 1. The van der Waals surface area contributed by atoms with E-state index in [4.69, 9.17) is 4.74 Å². The van der Waals surface area contributed by atoms with E-state index in [1.165, 1.54) is 12.7 Å². The molecule has 0 heterocycles. The summed E-state index contributed by atoms with van der Waals surface area (Å²) in [4.78, 5) is 23.3. The summed E-state index contributed by atoms with van der Waals surface area (Å²) in [6.45, 7) is 6.39. The minimum absolute atomic E-state index is 0.00619. The predicted molar refractivity (Wildman–Crippen MR) is 113 cm³/mol. The van der Waals surface area contributed by atoms with Crippen molar-refractivity contribution in [1.29, 1.82) is 0 Å². The van der Waals surface area contributed by atoms with Gasteiger partial charge in [-0.1, -0.05) is 50.6 Å². The molecule has 6 heteroatoms. The third-order valence-corrected chi connectivity index (χ3v) is 5.76. The van der Waals surface area contributed by atoms with Crippen LogP contribution >= 0.6 is 11.8 Å². The predicted octanol–water partition coefficient (Wildman–Crippen LogP) is 3.39. The van der Waals surface area contributed by atoms with Crippen LogP contribution in [0.1, 0.15) is 45.1 Å². The lowest BCUT2D eigenvalue weighted by Gasteiger charge is -2.26. The average molecular weight is 395 g/mol. The average Bonchev–Trinajstić information content (AvgIpc) is 2.68. The molecule has 1 aromatic rings. The lowest BCUT2D eigenvalue weighted by Crippen LogP contribution is -2.29. The van der Waals surface area contributed by atoms with Crippen molar-refractivity contribution in [1.82, 2.24) is 10.6 Å². The van der Waals surface area contributed by atoms with E-state index in [1.807, 2.05) is 30.0 Å². The number of nitrogens with one attached hydrogen (secondary N) is 2. The van der Waals surface area contributed by atoms with Gasteiger partial charge in [-0.05, 0) is 23.2 Å². The Labute approximate surface area is 168 Å². The van der Waals surface area contributed by atoms with E-state index in [0.29, 0.717) is 25.9 Å². The molecule has 1 aromatic carbocycles. The maximum Gasteiger partial charge on any atom is 0.306 e. The zero-order valence-corrected chi connectivity index (χ0v) is 17.7. The third kappa shape index (κ3) is 11.0. The molecule has 0 saturated heterocycles. The number of hydrogen-bond donors (Lipinski definition) is 2. The van der Waals surface area contributed by atoms with Crippen LogP contribution in [0.15, 0.2) is 30.3 Å². The van der Waals surface area contributed by atoms with Crippen LogP contribution in [0, 0.1) is 5.41 Å². The van der Waals surface area contributed by atoms with Gasteiger partial charge in [0.1, 0.15) is 0 Å². The van der Waals surface area contributed by atoms with E-state index in [0.717, 1.165) is 30.9 Å². The standard InChI is InChI=1S/C21H34N2O3S/c1-4-21(2,16-20(25)26-3)11-14-27-15-13-23-19(24)10-12-22-17-18-8-6-5-7-9-18/h5-9,22H,4,10-17H2,1-3H3,(H,23,24). The normalized spacial score (nSPS) is 13.0. The Bertz CT molecular complexity index is 554. The molecule has 0 aromatic heterocycles. The first-order chi connectivity index (χ1) is 13.0. The number of thioether (sulfide) groups is 1. The van der Waals surface area contributed by atoms with Gasteiger partial charge in [-0.15, -0.1) is 0 Å². The fraction of sp³-hybridized carbons (Fsp3) is 0.619. The van der Waals surface area contributed by atoms with E-state index >= 15 is 0 Å². The van der Waals surface area contributed by atoms with Crippen LogP contribution in [0.25, 0.3) is 0 Å². The van der Waals surface area contributed by atoms with Crippen molar-refractivity contribution >= 4 is 23.6 Å². The second kappa shape index (κ2) is 13.6. The van der Waals surface area contributed by atoms with Gasteiger partial charge in [0, 0.05) is 31.8 Å². The van der Waals surface area contributed by atoms with Gasteiger partial charge < -0.3 is 15.4 Å². The molecular weight excluding hydrogens is 360 g/mol. The summed E-state index contributed by atoms with van der Waals surface area (Å²) in [5.41, 5.74) is 1.22. The highest BCUT2D eigenvalue weighted by atomic mass is 32.2. The van der Waals surface area contributed by atoms with E-state index in [1.54, 1.807) is 0 Å². The van der Waals surface area contributed by atoms with Gasteiger partial charge >= 0.3 is 5.97 Å². The van der Waals surface area contributed by atoms with Gasteiger partial charge in [0.2, 0.25) is 5.91 Å². The van der Waals surface area contributed by atoms with Crippen LogP contribution < -0.4 is 10.6 Å². The first-order valence-electron chi connectivity index (χ1n) is 9.65. The molecule has 0 fully saturated rings. The quantitative estimate of drug-likeness (QED) is 0.374. The van der Waals surface area contributed by atoms with Crippen molar-refractivity contribution in [2.24, 2.45) is 5.41 Å². The molecule has 0 radical (unpaired) electrons. The largest absolute Gasteiger partial charge is 0.469 e. The van der Waals surface area contributed by atoms with Gasteiger partial charge in [-0.2, -0.15) is 11.8 Å². The number of amides is 1. The van der Waals surface area contributed by atoms with Gasteiger partial charge in [0.15, 0.2) is 0 Å². The van der Waals surface area contributed by atoms with Crippen molar-refractivity contribution in [3.8, 4) is 0 Å². The lowest BCUT2D eigenvalue weighted by atomic mass is 9.81. The molecule has 1 amide bonds. The zero-order valence-electron chi connectivity index (χ0n) is 16.9. The second-order valence-corrected chi connectivity index (χ2v) is 8.27. The van der Waals surface area contributed by atoms with Crippen molar-refractivity contribution < 1.29 is 14.3 Å². The molecule has 0 bridgehead atoms. The number of esters is 1. The molecule has 5 nitrogen and oxygen atoms in total. The maximum atomic E-state index is 11.8. The molecule has 2 N–H and O–H groups in total. The highest BCUT2D eigenvalue weighted by Gasteiger charge is 2.25. The van der Waals surface area contributed by atoms with Crippen molar-refractivity contribution in [3.05, 3.63) is 35.9 Å². The summed E-state index contributed by atoms with van der Waals surface area (Å²) < 4.78 is 4.79. The third-order valence-electron chi connectivity index (χ3n) is 4.77. The first-order valence-corrected chi connectivity index (χ1v) is 10.8. The summed E-state index contributed by atoms with van der Waals surface area (Å²) in [5, 5.41) is 6.24. The Balaban J connectivity index is 2.03. The van der Waals surface area contributed by atoms with Crippen LogP contribution in [-0.4, -0.2) is 43.6 Å². The number of rotatable bonds is 14. The van der Waals surface area contributed by atoms with Crippen molar-refractivity contribution in [3.63, 3.8) is 0 Å². The summed E-state index contributed by atoms with van der Waals surface area (Å²) in [6.07, 6.45) is 2.88. The number of hydrogen-bond acceptors (Lipinski definition) is 5. The van der Waals surface area contributed by atoms with E-state index in [9.17, 15) is 9.59 Å². The SMILES string of the molecule is CCC(C)(CCSCCNC(=O)CCNCc1ccccc1)CC(=O)OC. The van der Waals surface area contributed by atoms with Gasteiger partial charge in [0.05, 0.1) is 13.5 Å². The van der Waals surface area contributed by atoms with Crippen LogP contribution in [0.5, 0.6) is 0 Å². The van der Waals surface area contributed by atoms with Gasteiger partial charge in [-0.25, -0.2) is 0 Å². The fourth-order valence-corrected chi connectivity index (χ4v) is 3.70. The second-order valence-electron chi connectivity index (χ2n) is 7.04. The monoisotopic (exact) mass is 394 g/mol. The summed E-state index contributed by atoms with van der Waals surface area (Å²) in [7, 11) is 1.44. The molecule has 152 valence electrons. The molecule has 0 aliphatic heterocycles. The lowest BCUT2D eigenvalue weighted by molar-refractivity contribution is -0.143. The molecule has 0 saturated carbocycles. The molecule has 0 aliphatic carbocycles. The first kappa shape index (κ1) is 23.5. The van der Waals surface area contributed by atoms with Crippen molar-refractivity contribution in [2.75, 3.05) is 31.7 Å². The van der Waals surface area contributed by atoms with Crippen LogP contribution in [0.4, 0.5) is 0 Å². The summed E-state index contributed by atoms with van der Waals surface area (Å²) in [6, 6.07) is 10.2. The molecular formula is C21H34N2O3S. The number of carbonyl (C=O) groups is 2. The zero-order chi connectivity index (χ0) is 20.0. The summed E-state index contributed by atoms with van der Waals surface area (Å²) in [5.74, 6) is 1.81. The molecule has 1 rings (SSSR count). The Morgan fingerprint density at radius 3 is 2.56 bits per heavy atom. The molecule has 0 aliphatic rings.